The zero-order valence-electron chi connectivity index (χ0n) is 10.3. The molecule has 0 unspecified atom stereocenters. The third-order valence-corrected chi connectivity index (χ3v) is 2.49. The molecule has 1 aromatic carbocycles. The van der Waals surface area contributed by atoms with Crippen LogP contribution in [0.4, 0.5) is 39.3 Å². The summed E-state index contributed by atoms with van der Waals surface area (Å²) in [5, 5.41) is 2.28. The number of anilines is 3. The molecular formula is C12H9F5N4. The van der Waals surface area contributed by atoms with Crippen LogP contribution in [0.15, 0.2) is 30.3 Å². The van der Waals surface area contributed by atoms with Gasteiger partial charge in [0.05, 0.1) is 11.3 Å². The fourth-order valence-electron chi connectivity index (χ4n) is 1.56. The number of nitrogens with one attached hydrogen (secondary N) is 2. The third-order valence-electron chi connectivity index (χ3n) is 2.49. The molecule has 0 saturated carbocycles. The molecule has 2 rings (SSSR count). The van der Waals surface area contributed by atoms with E-state index in [9.17, 15) is 22.0 Å². The third kappa shape index (κ3) is 3.57. The summed E-state index contributed by atoms with van der Waals surface area (Å²) >= 11 is 0. The second-order valence-corrected chi connectivity index (χ2v) is 4.02. The van der Waals surface area contributed by atoms with Crippen LogP contribution in [0.5, 0.6) is 0 Å². The van der Waals surface area contributed by atoms with Crippen molar-refractivity contribution in [2.24, 2.45) is 5.84 Å². The number of alkyl halides is 3. The molecule has 2 aromatic rings. The number of nitrogens with two attached hydrogens (primary N) is 1. The maximum Gasteiger partial charge on any atom is 0.416 e. The quantitative estimate of drug-likeness (QED) is 0.462. The number of benzene rings is 1. The summed E-state index contributed by atoms with van der Waals surface area (Å²) in [4.78, 5) is 3.70. The van der Waals surface area contributed by atoms with E-state index in [0.717, 1.165) is 18.2 Å². The van der Waals surface area contributed by atoms with Crippen molar-refractivity contribution in [2.75, 3.05) is 10.7 Å². The number of hydrogen-bond donors (Lipinski definition) is 3. The highest BCUT2D eigenvalue weighted by atomic mass is 19.4. The Bertz CT molecular complexity index is 657. The van der Waals surface area contributed by atoms with E-state index in [1.165, 1.54) is 0 Å². The van der Waals surface area contributed by atoms with E-state index in [2.05, 4.69) is 10.3 Å². The Morgan fingerprint density at radius 2 is 1.67 bits per heavy atom. The van der Waals surface area contributed by atoms with Crippen molar-refractivity contribution in [3.8, 4) is 0 Å². The summed E-state index contributed by atoms with van der Waals surface area (Å²) in [7, 11) is 0. The van der Waals surface area contributed by atoms with Crippen LogP contribution in [0.25, 0.3) is 0 Å². The molecule has 0 spiro atoms. The molecule has 21 heavy (non-hydrogen) atoms. The van der Waals surface area contributed by atoms with Crippen molar-refractivity contribution >= 4 is 17.3 Å². The van der Waals surface area contributed by atoms with E-state index < -0.39 is 23.4 Å². The standard InChI is InChI=1S/C12H9F5N4/c13-7-1-2-8(14)9(5-7)19-10-3-6(12(15,16)17)4-11(20-10)21-18/h1-5H,18H2,(H2,19,20,21). The van der Waals surface area contributed by atoms with Gasteiger partial charge in [0.1, 0.15) is 23.3 Å². The number of nitrogen functional groups attached to an aromatic ring is 1. The summed E-state index contributed by atoms with van der Waals surface area (Å²) in [5.41, 5.74) is 0.593. The second-order valence-electron chi connectivity index (χ2n) is 4.02. The normalized spacial score (nSPS) is 11.3. The number of hydrogen-bond acceptors (Lipinski definition) is 4. The van der Waals surface area contributed by atoms with Gasteiger partial charge in [0.25, 0.3) is 0 Å². The Morgan fingerprint density at radius 1 is 1.00 bits per heavy atom. The monoisotopic (exact) mass is 304 g/mol. The largest absolute Gasteiger partial charge is 0.416 e. The van der Waals surface area contributed by atoms with E-state index in [4.69, 9.17) is 5.84 Å². The molecular weight excluding hydrogens is 295 g/mol. The molecule has 0 bridgehead atoms. The first-order valence-electron chi connectivity index (χ1n) is 5.57. The van der Waals surface area contributed by atoms with Crippen molar-refractivity contribution < 1.29 is 22.0 Å². The summed E-state index contributed by atoms with van der Waals surface area (Å²) in [6.45, 7) is 0. The van der Waals surface area contributed by atoms with Crippen LogP contribution in [-0.2, 0) is 6.18 Å². The molecule has 0 atom stereocenters. The Kier molecular flexibility index (Phi) is 3.94. The molecule has 4 N–H and O–H groups in total. The molecule has 0 aliphatic heterocycles. The average Bonchev–Trinajstić information content (AvgIpc) is 2.41. The highest BCUT2D eigenvalue weighted by Gasteiger charge is 2.31. The lowest BCUT2D eigenvalue weighted by molar-refractivity contribution is -0.137. The van der Waals surface area contributed by atoms with Crippen molar-refractivity contribution in [3.63, 3.8) is 0 Å². The van der Waals surface area contributed by atoms with Gasteiger partial charge in [-0.25, -0.2) is 19.6 Å². The smallest absolute Gasteiger partial charge is 0.338 e. The number of nitrogens with zero attached hydrogens (tertiary/aromatic N) is 1. The molecule has 9 heteroatoms. The molecule has 0 radical (unpaired) electrons. The van der Waals surface area contributed by atoms with E-state index in [1.807, 2.05) is 5.43 Å². The topological polar surface area (TPSA) is 63.0 Å². The maximum absolute atomic E-state index is 13.5. The van der Waals surface area contributed by atoms with E-state index in [-0.39, 0.29) is 17.3 Å². The fourth-order valence-corrected chi connectivity index (χ4v) is 1.56. The lowest BCUT2D eigenvalue weighted by atomic mass is 10.2. The van der Waals surface area contributed by atoms with Gasteiger partial charge in [0.2, 0.25) is 0 Å². The van der Waals surface area contributed by atoms with Gasteiger partial charge in [-0.05, 0) is 24.3 Å². The summed E-state index contributed by atoms with van der Waals surface area (Å²) in [6.07, 6.45) is -4.63. The van der Waals surface area contributed by atoms with Crippen LogP contribution >= 0.6 is 0 Å². The predicted molar refractivity (Wildman–Crippen MR) is 66.7 cm³/mol. The first kappa shape index (κ1) is 15.0. The number of rotatable bonds is 3. The summed E-state index contributed by atoms with van der Waals surface area (Å²) < 4.78 is 64.6. The van der Waals surface area contributed by atoms with Crippen LogP contribution in [-0.4, -0.2) is 4.98 Å². The van der Waals surface area contributed by atoms with Gasteiger partial charge in [-0.15, -0.1) is 0 Å². The average molecular weight is 304 g/mol. The first-order chi connectivity index (χ1) is 9.79. The molecule has 112 valence electrons. The van der Waals surface area contributed by atoms with Gasteiger partial charge >= 0.3 is 6.18 Å². The van der Waals surface area contributed by atoms with Crippen LogP contribution in [0.3, 0.4) is 0 Å². The number of halogens is 5. The lowest BCUT2D eigenvalue weighted by Gasteiger charge is -2.13. The number of hydrazine groups is 1. The SMILES string of the molecule is NNc1cc(C(F)(F)F)cc(Nc2cc(F)ccc2F)n1. The van der Waals surface area contributed by atoms with Gasteiger partial charge < -0.3 is 10.7 Å². The van der Waals surface area contributed by atoms with Gasteiger partial charge in [-0.2, -0.15) is 13.2 Å². The Hall–Kier alpha value is -2.42. The Morgan fingerprint density at radius 3 is 2.29 bits per heavy atom. The zero-order chi connectivity index (χ0) is 15.6. The van der Waals surface area contributed by atoms with E-state index in [0.29, 0.717) is 12.1 Å². The van der Waals surface area contributed by atoms with Gasteiger partial charge in [-0.1, -0.05) is 0 Å². The van der Waals surface area contributed by atoms with E-state index in [1.54, 1.807) is 0 Å². The zero-order valence-corrected chi connectivity index (χ0v) is 10.3. The molecule has 0 aliphatic rings. The van der Waals surface area contributed by atoms with Crippen LogP contribution in [0.1, 0.15) is 5.56 Å². The highest BCUT2D eigenvalue weighted by Crippen LogP contribution is 2.32. The molecule has 4 nitrogen and oxygen atoms in total. The Balaban J connectivity index is 2.42. The van der Waals surface area contributed by atoms with Gasteiger partial charge in [-0.3, -0.25) is 0 Å². The predicted octanol–water partition coefficient (Wildman–Crippen LogP) is 3.41. The van der Waals surface area contributed by atoms with Crippen molar-refractivity contribution in [3.05, 3.63) is 47.5 Å². The van der Waals surface area contributed by atoms with Crippen molar-refractivity contribution in [1.82, 2.24) is 4.98 Å². The molecule has 0 fully saturated rings. The van der Waals surface area contributed by atoms with Gasteiger partial charge in [0, 0.05) is 6.07 Å². The molecule has 0 aliphatic carbocycles. The molecule has 0 amide bonds. The minimum Gasteiger partial charge on any atom is -0.338 e. The first-order valence-corrected chi connectivity index (χ1v) is 5.57. The van der Waals surface area contributed by atoms with Crippen LogP contribution < -0.4 is 16.6 Å². The summed E-state index contributed by atoms with van der Waals surface area (Å²) in [5.74, 6) is 2.85. The molecule has 0 saturated heterocycles. The minimum absolute atomic E-state index is 0.274. The van der Waals surface area contributed by atoms with Crippen LogP contribution in [0.2, 0.25) is 0 Å². The molecule has 1 heterocycles. The maximum atomic E-state index is 13.5. The lowest BCUT2D eigenvalue weighted by Crippen LogP contribution is -2.13. The second kappa shape index (κ2) is 5.52. The van der Waals surface area contributed by atoms with Crippen molar-refractivity contribution in [2.45, 2.75) is 6.18 Å². The Labute approximate surface area is 115 Å². The highest BCUT2D eigenvalue weighted by molar-refractivity contribution is 5.60. The van der Waals surface area contributed by atoms with Crippen LogP contribution in [0, 0.1) is 11.6 Å². The molecule has 1 aromatic heterocycles. The van der Waals surface area contributed by atoms with E-state index >= 15 is 0 Å². The number of aromatic nitrogens is 1. The minimum atomic E-state index is -4.63. The summed E-state index contributed by atoms with van der Waals surface area (Å²) in [6, 6.07) is 3.87. The fraction of sp³-hybridized carbons (Fsp3) is 0.0833. The van der Waals surface area contributed by atoms with Crippen molar-refractivity contribution in [1.29, 1.82) is 0 Å². The van der Waals surface area contributed by atoms with Gasteiger partial charge in [0.15, 0.2) is 0 Å². The number of pyridine rings is 1.